The third kappa shape index (κ3) is 2.08. The minimum absolute atomic E-state index is 0.201. The van der Waals surface area contributed by atoms with Crippen LogP contribution in [-0.4, -0.2) is 14.9 Å². The van der Waals surface area contributed by atoms with Crippen molar-refractivity contribution in [3.63, 3.8) is 0 Å². The highest BCUT2D eigenvalue weighted by Gasteiger charge is 2.12. The van der Waals surface area contributed by atoms with Crippen molar-refractivity contribution in [2.24, 2.45) is 0 Å². The van der Waals surface area contributed by atoms with Crippen LogP contribution in [0.5, 0.6) is 0 Å². The number of benzene rings is 1. The van der Waals surface area contributed by atoms with Gasteiger partial charge in [-0.15, -0.1) is 0 Å². The van der Waals surface area contributed by atoms with E-state index in [1.54, 1.807) is 12.1 Å². The minimum Gasteiger partial charge on any atom is -0.392 e. The van der Waals surface area contributed by atoms with E-state index < -0.39 is 0 Å². The highest BCUT2D eigenvalue weighted by molar-refractivity contribution is 5.42. The van der Waals surface area contributed by atoms with Crippen molar-refractivity contribution in [2.75, 3.05) is 0 Å². The van der Waals surface area contributed by atoms with Gasteiger partial charge in [-0.25, -0.2) is 9.07 Å². The van der Waals surface area contributed by atoms with Crippen LogP contribution in [0.2, 0.25) is 0 Å². The van der Waals surface area contributed by atoms with E-state index in [2.05, 4.69) is 5.10 Å². The maximum absolute atomic E-state index is 13.8. The molecular weight excluding hydrogens is 219 g/mol. The Labute approximate surface area is 99.5 Å². The van der Waals surface area contributed by atoms with Crippen LogP contribution in [0.1, 0.15) is 23.7 Å². The van der Waals surface area contributed by atoms with Crippen LogP contribution in [0, 0.1) is 12.7 Å². The van der Waals surface area contributed by atoms with Gasteiger partial charge in [0, 0.05) is 11.8 Å². The van der Waals surface area contributed by atoms with Crippen LogP contribution in [-0.2, 0) is 13.0 Å². The molecule has 2 rings (SSSR count). The van der Waals surface area contributed by atoms with Crippen LogP contribution >= 0.6 is 0 Å². The fraction of sp³-hybridized carbons (Fsp3) is 0.308. The highest BCUT2D eigenvalue weighted by Crippen LogP contribution is 2.20. The summed E-state index contributed by atoms with van der Waals surface area (Å²) in [5, 5.41) is 13.5. The van der Waals surface area contributed by atoms with Gasteiger partial charge in [-0.3, -0.25) is 0 Å². The van der Waals surface area contributed by atoms with Crippen LogP contribution in [0.3, 0.4) is 0 Å². The van der Waals surface area contributed by atoms with Gasteiger partial charge in [0.2, 0.25) is 0 Å². The fourth-order valence-electron chi connectivity index (χ4n) is 1.90. The van der Waals surface area contributed by atoms with Crippen molar-refractivity contribution < 1.29 is 9.50 Å². The molecule has 17 heavy (non-hydrogen) atoms. The summed E-state index contributed by atoms with van der Waals surface area (Å²) in [5.74, 6) is -0.373. The van der Waals surface area contributed by atoms with Gasteiger partial charge in [0.1, 0.15) is 11.5 Å². The molecule has 90 valence electrons. The zero-order valence-corrected chi connectivity index (χ0v) is 9.94. The Morgan fingerprint density at radius 3 is 2.71 bits per heavy atom. The predicted octanol–water partition coefficient (Wildman–Crippen LogP) is 2.37. The molecule has 0 bridgehead atoms. The number of aromatic nitrogens is 2. The van der Waals surface area contributed by atoms with E-state index in [-0.39, 0.29) is 12.4 Å². The molecule has 0 saturated carbocycles. The Bertz CT molecular complexity index is 534. The molecule has 0 amide bonds. The molecule has 0 aliphatic heterocycles. The number of nitrogens with zero attached hydrogens (tertiary/aromatic N) is 2. The number of rotatable bonds is 3. The monoisotopic (exact) mass is 234 g/mol. The smallest absolute Gasteiger partial charge is 0.149 e. The molecule has 3 nitrogen and oxygen atoms in total. The van der Waals surface area contributed by atoms with Crippen LogP contribution in [0.4, 0.5) is 4.39 Å². The van der Waals surface area contributed by atoms with Crippen LogP contribution in [0.15, 0.2) is 24.4 Å². The quantitative estimate of drug-likeness (QED) is 0.885. The maximum Gasteiger partial charge on any atom is 0.149 e. The average Bonchev–Trinajstić information content (AvgIpc) is 2.69. The number of aliphatic hydroxyl groups excluding tert-OH is 1. The van der Waals surface area contributed by atoms with E-state index in [0.29, 0.717) is 11.3 Å². The molecular formula is C13H15FN2O. The molecule has 1 heterocycles. The van der Waals surface area contributed by atoms with Gasteiger partial charge in [-0.05, 0) is 25.0 Å². The van der Waals surface area contributed by atoms with Crippen molar-refractivity contribution in [3.8, 4) is 5.69 Å². The predicted molar refractivity (Wildman–Crippen MR) is 63.6 cm³/mol. The van der Waals surface area contributed by atoms with Gasteiger partial charge in [0.15, 0.2) is 0 Å². The molecule has 0 atom stereocenters. The second-order valence-electron chi connectivity index (χ2n) is 3.94. The Kier molecular flexibility index (Phi) is 3.24. The summed E-state index contributed by atoms with van der Waals surface area (Å²) >= 11 is 0. The van der Waals surface area contributed by atoms with Gasteiger partial charge in [-0.2, -0.15) is 5.10 Å². The largest absolute Gasteiger partial charge is 0.392 e. The summed E-state index contributed by atoms with van der Waals surface area (Å²) in [6.07, 6.45) is 2.67. The lowest BCUT2D eigenvalue weighted by molar-refractivity contribution is 0.280. The number of halogens is 1. The third-order valence-corrected chi connectivity index (χ3v) is 2.85. The van der Waals surface area contributed by atoms with Gasteiger partial charge >= 0.3 is 0 Å². The molecule has 0 aliphatic rings. The second kappa shape index (κ2) is 4.67. The van der Waals surface area contributed by atoms with E-state index >= 15 is 0 Å². The number of para-hydroxylation sites is 1. The van der Waals surface area contributed by atoms with Crippen LogP contribution in [0.25, 0.3) is 5.69 Å². The number of aryl methyl sites for hydroxylation is 2. The number of hydrogen-bond donors (Lipinski definition) is 1. The standard InChI is InChI=1S/C13H15FN2O/c1-3-10-7-16(15-9(10)2)13-11(8-17)5-4-6-12(13)14/h4-7,17H,3,8H2,1-2H3. The van der Waals surface area contributed by atoms with Crippen molar-refractivity contribution in [1.29, 1.82) is 0 Å². The summed E-state index contributed by atoms with van der Waals surface area (Å²) in [6.45, 7) is 3.73. The van der Waals surface area contributed by atoms with Crippen molar-refractivity contribution in [3.05, 3.63) is 47.0 Å². The minimum atomic E-state index is -0.373. The number of hydrogen-bond acceptors (Lipinski definition) is 2. The topological polar surface area (TPSA) is 38.0 Å². The lowest BCUT2D eigenvalue weighted by atomic mass is 10.2. The van der Waals surface area contributed by atoms with E-state index in [1.807, 2.05) is 20.0 Å². The van der Waals surface area contributed by atoms with Gasteiger partial charge in [0.05, 0.1) is 12.3 Å². The van der Waals surface area contributed by atoms with Crippen molar-refractivity contribution in [2.45, 2.75) is 26.9 Å². The molecule has 1 N–H and O–H groups in total. The molecule has 0 saturated heterocycles. The van der Waals surface area contributed by atoms with E-state index in [0.717, 1.165) is 17.7 Å². The lowest BCUT2D eigenvalue weighted by Gasteiger charge is -2.08. The van der Waals surface area contributed by atoms with E-state index in [4.69, 9.17) is 0 Å². The van der Waals surface area contributed by atoms with Gasteiger partial charge < -0.3 is 5.11 Å². The van der Waals surface area contributed by atoms with Gasteiger partial charge in [-0.1, -0.05) is 19.1 Å². The zero-order valence-electron chi connectivity index (χ0n) is 9.94. The first kappa shape index (κ1) is 11.8. The van der Waals surface area contributed by atoms with Gasteiger partial charge in [0.25, 0.3) is 0 Å². The average molecular weight is 234 g/mol. The Morgan fingerprint density at radius 2 is 2.12 bits per heavy atom. The molecule has 0 spiro atoms. The van der Waals surface area contributed by atoms with Crippen molar-refractivity contribution in [1.82, 2.24) is 9.78 Å². The Hall–Kier alpha value is -1.68. The molecule has 4 heteroatoms. The summed E-state index contributed by atoms with van der Waals surface area (Å²) in [5.41, 5.74) is 2.84. The van der Waals surface area contributed by atoms with Crippen LogP contribution < -0.4 is 0 Å². The Morgan fingerprint density at radius 1 is 1.35 bits per heavy atom. The summed E-state index contributed by atoms with van der Waals surface area (Å²) in [6, 6.07) is 4.65. The molecule has 1 aromatic carbocycles. The maximum atomic E-state index is 13.8. The molecule has 1 aromatic heterocycles. The summed E-state index contributed by atoms with van der Waals surface area (Å²) in [7, 11) is 0. The first-order valence-electron chi connectivity index (χ1n) is 5.61. The first-order valence-corrected chi connectivity index (χ1v) is 5.61. The third-order valence-electron chi connectivity index (χ3n) is 2.85. The summed E-state index contributed by atoms with van der Waals surface area (Å²) in [4.78, 5) is 0. The fourth-order valence-corrected chi connectivity index (χ4v) is 1.90. The molecule has 0 radical (unpaired) electrons. The second-order valence-corrected chi connectivity index (χ2v) is 3.94. The Balaban J connectivity index is 2.59. The highest BCUT2D eigenvalue weighted by atomic mass is 19.1. The van der Waals surface area contributed by atoms with Crippen molar-refractivity contribution >= 4 is 0 Å². The normalized spacial score (nSPS) is 10.8. The SMILES string of the molecule is CCc1cn(-c2c(F)cccc2CO)nc1C. The summed E-state index contributed by atoms with van der Waals surface area (Å²) < 4.78 is 15.3. The number of aliphatic hydroxyl groups is 1. The zero-order chi connectivity index (χ0) is 12.4. The molecule has 0 fully saturated rings. The van der Waals surface area contributed by atoms with E-state index in [9.17, 15) is 9.50 Å². The van der Waals surface area contributed by atoms with E-state index in [1.165, 1.54) is 10.7 Å². The first-order chi connectivity index (χ1) is 8.17. The lowest BCUT2D eigenvalue weighted by Crippen LogP contribution is -2.03. The molecule has 0 unspecified atom stereocenters. The molecule has 2 aromatic rings. The molecule has 0 aliphatic carbocycles.